The Labute approximate surface area is 205 Å². The Morgan fingerprint density at radius 1 is 1.20 bits per heavy atom. The first-order valence-corrected chi connectivity index (χ1v) is 12.8. The van der Waals surface area contributed by atoms with E-state index in [4.69, 9.17) is 14.6 Å². The van der Waals surface area contributed by atoms with Crippen molar-refractivity contribution < 1.29 is 19.4 Å². The minimum atomic E-state index is -0.256. The lowest BCUT2D eigenvalue weighted by Crippen LogP contribution is -2.39. The molecule has 0 radical (unpaired) electrons. The molecular weight excluding hydrogens is 446 g/mol. The molecule has 1 aromatic carbocycles. The van der Waals surface area contributed by atoms with Gasteiger partial charge in [0.05, 0.1) is 22.8 Å². The number of ether oxygens (including phenoxy) is 2. The number of imidazole rings is 1. The summed E-state index contributed by atoms with van der Waals surface area (Å²) in [6, 6.07) is 7.80. The summed E-state index contributed by atoms with van der Waals surface area (Å²) in [6.07, 6.45) is 5.07. The van der Waals surface area contributed by atoms with Crippen molar-refractivity contribution in [1.29, 1.82) is 0 Å². The summed E-state index contributed by atoms with van der Waals surface area (Å²) in [4.78, 5) is 22.1. The molecule has 9 heteroatoms. The molecule has 0 spiro atoms. The number of aromatic amines is 1. The van der Waals surface area contributed by atoms with Crippen LogP contribution < -0.4 is 0 Å². The molecule has 0 atom stereocenters. The van der Waals surface area contributed by atoms with Gasteiger partial charge < -0.3 is 24.5 Å². The second-order valence-corrected chi connectivity index (χ2v) is 9.97. The fourth-order valence-electron chi connectivity index (χ4n) is 5.21. The van der Waals surface area contributed by atoms with Crippen LogP contribution in [0.4, 0.5) is 4.79 Å². The van der Waals surface area contributed by atoms with Crippen molar-refractivity contribution in [3.05, 3.63) is 35.5 Å². The van der Waals surface area contributed by atoms with E-state index in [9.17, 15) is 9.90 Å². The summed E-state index contributed by atoms with van der Waals surface area (Å²) in [5.41, 5.74) is 3.56. The molecule has 4 heterocycles. The number of H-pyrrole nitrogens is 1. The molecule has 1 amide bonds. The first-order chi connectivity index (χ1) is 17.0. The van der Waals surface area contributed by atoms with E-state index in [1.807, 2.05) is 38.1 Å². The zero-order valence-corrected chi connectivity index (χ0v) is 20.6. The van der Waals surface area contributed by atoms with Crippen LogP contribution in [0.1, 0.15) is 63.1 Å². The third-order valence-corrected chi connectivity index (χ3v) is 7.18. The number of fused-ring (bicyclic) bond motifs is 1. The van der Waals surface area contributed by atoms with Crippen LogP contribution >= 0.6 is 0 Å². The lowest BCUT2D eigenvalue weighted by molar-refractivity contribution is 0.0638. The Morgan fingerprint density at radius 3 is 2.66 bits per heavy atom. The smallest absolute Gasteiger partial charge is 0.410 e. The van der Waals surface area contributed by atoms with E-state index in [-0.39, 0.29) is 24.0 Å². The first-order valence-electron chi connectivity index (χ1n) is 12.8. The second-order valence-electron chi connectivity index (χ2n) is 9.97. The van der Waals surface area contributed by atoms with E-state index in [1.54, 1.807) is 9.58 Å². The van der Waals surface area contributed by atoms with E-state index >= 15 is 0 Å². The average molecular weight is 482 g/mol. The molecule has 2 fully saturated rings. The molecule has 5 rings (SSSR count). The second kappa shape index (κ2) is 10.3. The number of piperidine rings is 1. The van der Waals surface area contributed by atoms with Gasteiger partial charge in [0.2, 0.25) is 11.8 Å². The number of hydrogen-bond acceptors (Lipinski definition) is 6. The summed E-state index contributed by atoms with van der Waals surface area (Å²) in [5.74, 6) is 1.44. The van der Waals surface area contributed by atoms with E-state index in [0.717, 1.165) is 74.0 Å². The molecule has 0 unspecified atom stereocenters. The number of benzene rings is 1. The van der Waals surface area contributed by atoms with Gasteiger partial charge in [0.15, 0.2) is 0 Å². The molecule has 2 aliphatic rings. The highest BCUT2D eigenvalue weighted by Crippen LogP contribution is 2.37. The van der Waals surface area contributed by atoms with Crippen molar-refractivity contribution in [3.63, 3.8) is 0 Å². The van der Waals surface area contributed by atoms with E-state index in [1.165, 1.54) is 0 Å². The predicted octanol–water partition coefficient (Wildman–Crippen LogP) is 4.54. The maximum Gasteiger partial charge on any atom is 0.410 e. The van der Waals surface area contributed by atoms with Crippen molar-refractivity contribution in [2.45, 2.75) is 64.4 Å². The predicted molar refractivity (Wildman–Crippen MR) is 132 cm³/mol. The maximum atomic E-state index is 12.3. The molecule has 2 aromatic heterocycles. The Bertz CT molecular complexity index is 1120. The zero-order valence-electron chi connectivity index (χ0n) is 20.6. The Kier molecular flexibility index (Phi) is 6.95. The Hall–Kier alpha value is -3.07. The molecule has 0 aliphatic carbocycles. The molecule has 188 valence electrons. The number of nitrogens with zero attached hydrogens (tertiary/aromatic N) is 4. The lowest BCUT2D eigenvalue weighted by atomic mass is 9.88. The number of aromatic hydroxyl groups is 1. The maximum absolute atomic E-state index is 12.3. The Morgan fingerprint density at radius 2 is 1.94 bits per heavy atom. The topological polar surface area (TPSA) is 106 Å². The molecule has 2 aliphatic heterocycles. The third-order valence-electron chi connectivity index (χ3n) is 7.18. The summed E-state index contributed by atoms with van der Waals surface area (Å²) in [7, 11) is 0. The average Bonchev–Trinajstić information content (AvgIpc) is 3.44. The minimum absolute atomic E-state index is 0.131. The van der Waals surface area contributed by atoms with Crippen LogP contribution in [0, 0.1) is 5.92 Å². The van der Waals surface area contributed by atoms with Gasteiger partial charge in [-0.25, -0.2) is 9.78 Å². The molecule has 35 heavy (non-hydrogen) atoms. The van der Waals surface area contributed by atoms with Crippen molar-refractivity contribution in [2.24, 2.45) is 5.92 Å². The summed E-state index contributed by atoms with van der Waals surface area (Å²) in [5, 5.41) is 16.2. The van der Waals surface area contributed by atoms with Crippen LogP contribution in [0.25, 0.3) is 17.0 Å². The van der Waals surface area contributed by atoms with Crippen molar-refractivity contribution in [3.8, 4) is 11.8 Å². The summed E-state index contributed by atoms with van der Waals surface area (Å²) < 4.78 is 12.4. The monoisotopic (exact) mass is 481 g/mol. The zero-order chi connectivity index (χ0) is 24.4. The van der Waals surface area contributed by atoms with Gasteiger partial charge in [-0.2, -0.15) is 9.78 Å². The number of carbonyl (C=O) groups excluding carboxylic acids is 1. The van der Waals surface area contributed by atoms with Crippen LogP contribution in [0.15, 0.2) is 24.3 Å². The van der Waals surface area contributed by atoms with Gasteiger partial charge in [0.25, 0.3) is 0 Å². The molecule has 2 saturated heterocycles. The van der Waals surface area contributed by atoms with Gasteiger partial charge in [0, 0.05) is 37.8 Å². The number of carbonyl (C=O) groups is 1. The fraction of sp³-hybridized carbons (Fsp3) is 0.577. The highest BCUT2D eigenvalue weighted by Gasteiger charge is 2.31. The molecule has 0 saturated carbocycles. The van der Waals surface area contributed by atoms with Crippen LogP contribution in [-0.2, 0) is 15.9 Å². The molecule has 0 bridgehead atoms. The highest BCUT2D eigenvalue weighted by molar-refractivity contribution is 5.76. The van der Waals surface area contributed by atoms with E-state index in [0.29, 0.717) is 25.0 Å². The molecule has 3 aromatic rings. The number of likely N-dealkylation sites (tertiary alicyclic amines) is 1. The van der Waals surface area contributed by atoms with Crippen molar-refractivity contribution >= 4 is 17.1 Å². The van der Waals surface area contributed by atoms with E-state index in [2.05, 4.69) is 9.97 Å². The van der Waals surface area contributed by atoms with Crippen LogP contribution in [0.2, 0.25) is 0 Å². The number of rotatable bonds is 6. The summed E-state index contributed by atoms with van der Waals surface area (Å²) >= 11 is 0. The first kappa shape index (κ1) is 23.7. The third kappa shape index (κ3) is 5.15. The van der Waals surface area contributed by atoms with Gasteiger partial charge in [-0.3, -0.25) is 0 Å². The number of nitrogens with one attached hydrogen (secondary N) is 1. The van der Waals surface area contributed by atoms with Crippen LogP contribution in [0.3, 0.4) is 0 Å². The standard InChI is InChI=1S/C26H35N5O4/c1-17(2)35-26(33)30-13-9-19(10-14-30)23-20(8-7-18-11-15-34-16-12-18)24(32)31(29-23)25-27-21-5-3-4-6-22(21)28-25/h3-6,17-19,32H,7-16H2,1-2H3,(H,27,28). The lowest BCUT2D eigenvalue weighted by Gasteiger charge is -2.31. The van der Waals surface area contributed by atoms with Crippen molar-refractivity contribution in [1.82, 2.24) is 24.6 Å². The summed E-state index contributed by atoms with van der Waals surface area (Å²) in [6.45, 7) is 6.59. The SMILES string of the molecule is CC(C)OC(=O)N1CCC(c2nn(-c3nc4ccccc4[nH]3)c(O)c2CCC2CCOCC2)CC1. The number of hydrogen-bond donors (Lipinski definition) is 2. The van der Waals surface area contributed by atoms with E-state index < -0.39 is 0 Å². The van der Waals surface area contributed by atoms with Crippen molar-refractivity contribution in [2.75, 3.05) is 26.3 Å². The van der Waals surface area contributed by atoms with Crippen LogP contribution in [-0.4, -0.2) is 68.3 Å². The van der Waals surface area contributed by atoms with Gasteiger partial charge in [0.1, 0.15) is 0 Å². The molecular formula is C26H35N5O4. The van der Waals surface area contributed by atoms with Gasteiger partial charge in [-0.1, -0.05) is 12.1 Å². The number of aromatic nitrogens is 4. The molecule has 2 N–H and O–H groups in total. The molecule has 9 nitrogen and oxygen atoms in total. The highest BCUT2D eigenvalue weighted by atomic mass is 16.6. The quantitative estimate of drug-likeness (QED) is 0.536. The fourth-order valence-corrected chi connectivity index (χ4v) is 5.21. The largest absolute Gasteiger partial charge is 0.493 e. The number of para-hydroxylation sites is 2. The number of amides is 1. The van der Waals surface area contributed by atoms with Gasteiger partial charge in [-0.05, 0) is 70.4 Å². The van der Waals surface area contributed by atoms with Gasteiger partial charge >= 0.3 is 6.09 Å². The normalized spacial score (nSPS) is 18.0. The Balaban J connectivity index is 1.40. The van der Waals surface area contributed by atoms with Crippen LogP contribution in [0.5, 0.6) is 5.88 Å². The minimum Gasteiger partial charge on any atom is -0.493 e. The van der Waals surface area contributed by atoms with Gasteiger partial charge in [-0.15, -0.1) is 0 Å².